The topological polar surface area (TPSA) is 70.7 Å². The molecule has 1 aliphatic heterocycles. The van der Waals surface area contributed by atoms with E-state index in [1.54, 1.807) is 26.0 Å². The number of nitrogens with one attached hydrogen (secondary N) is 2. The molecule has 0 aliphatic carbocycles. The minimum Gasteiger partial charge on any atom is -0.463 e. The predicted molar refractivity (Wildman–Crippen MR) is 87.5 cm³/mol. The van der Waals surface area contributed by atoms with Crippen molar-refractivity contribution in [1.29, 1.82) is 0 Å². The second-order valence-corrected chi connectivity index (χ2v) is 5.73. The van der Waals surface area contributed by atoms with Crippen LogP contribution in [0.25, 0.3) is 0 Å². The number of esters is 1. The highest BCUT2D eigenvalue weighted by Crippen LogP contribution is 2.16. The SMILES string of the molecule is CCOC(=O)C1=C(CN(C)Cc2ccc(F)cc2)NC(=O)N[C@H]1C. The van der Waals surface area contributed by atoms with Crippen molar-refractivity contribution in [3.63, 3.8) is 0 Å². The third-order valence-electron chi connectivity index (χ3n) is 3.66. The molecule has 0 aromatic heterocycles. The summed E-state index contributed by atoms with van der Waals surface area (Å²) in [5.41, 5.74) is 1.88. The van der Waals surface area contributed by atoms with Gasteiger partial charge in [0.15, 0.2) is 0 Å². The van der Waals surface area contributed by atoms with Crippen molar-refractivity contribution in [3.8, 4) is 0 Å². The van der Waals surface area contributed by atoms with Gasteiger partial charge >= 0.3 is 12.0 Å². The first-order valence-electron chi connectivity index (χ1n) is 7.81. The van der Waals surface area contributed by atoms with Crippen molar-refractivity contribution in [2.75, 3.05) is 20.2 Å². The van der Waals surface area contributed by atoms with Crippen LogP contribution in [0.5, 0.6) is 0 Å². The fraction of sp³-hybridized carbons (Fsp3) is 0.412. The van der Waals surface area contributed by atoms with Gasteiger partial charge in [0.1, 0.15) is 5.82 Å². The maximum atomic E-state index is 13.0. The van der Waals surface area contributed by atoms with E-state index in [0.717, 1.165) is 5.56 Å². The van der Waals surface area contributed by atoms with E-state index in [2.05, 4.69) is 10.6 Å². The Balaban J connectivity index is 2.15. The highest BCUT2D eigenvalue weighted by Gasteiger charge is 2.30. The van der Waals surface area contributed by atoms with E-state index in [-0.39, 0.29) is 18.5 Å². The van der Waals surface area contributed by atoms with E-state index in [1.165, 1.54) is 12.1 Å². The van der Waals surface area contributed by atoms with Gasteiger partial charge in [-0.2, -0.15) is 0 Å². The Bertz CT molecular complexity index is 643. The summed E-state index contributed by atoms with van der Waals surface area (Å²) in [6.07, 6.45) is 0. The number of nitrogens with zero attached hydrogens (tertiary/aromatic N) is 1. The summed E-state index contributed by atoms with van der Waals surface area (Å²) in [4.78, 5) is 25.8. The summed E-state index contributed by atoms with van der Waals surface area (Å²) in [6.45, 7) is 4.66. The van der Waals surface area contributed by atoms with Crippen LogP contribution in [-0.2, 0) is 16.1 Å². The maximum Gasteiger partial charge on any atom is 0.337 e. The van der Waals surface area contributed by atoms with Gasteiger partial charge in [0.05, 0.1) is 18.2 Å². The molecule has 0 radical (unpaired) electrons. The lowest BCUT2D eigenvalue weighted by molar-refractivity contribution is -0.139. The Morgan fingerprint density at radius 1 is 1.29 bits per heavy atom. The molecule has 1 heterocycles. The minimum atomic E-state index is -0.442. The van der Waals surface area contributed by atoms with Crippen molar-refractivity contribution in [2.45, 2.75) is 26.4 Å². The molecule has 1 aromatic carbocycles. The van der Waals surface area contributed by atoms with E-state index in [0.29, 0.717) is 24.4 Å². The van der Waals surface area contributed by atoms with Gasteiger partial charge in [0.25, 0.3) is 0 Å². The Kier molecular flexibility index (Phi) is 5.92. The second kappa shape index (κ2) is 7.92. The normalized spacial score (nSPS) is 17.5. The molecular formula is C17H22FN3O3. The number of halogens is 1. The van der Waals surface area contributed by atoms with Crippen molar-refractivity contribution in [3.05, 3.63) is 46.9 Å². The number of ether oxygens (including phenoxy) is 1. The van der Waals surface area contributed by atoms with Crippen molar-refractivity contribution in [1.82, 2.24) is 15.5 Å². The summed E-state index contributed by atoms with van der Waals surface area (Å²) in [5.74, 6) is -0.726. The van der Waals surface area contributed by atoms with Gasteiger partial charge in [-0.3, -0.25) is 4.90 Å². The van der Waals surface area contributed by atoms with E-state index < -0.39 is 12.0 Å². The molecule has 0 spiro atoms. The van der Waals surface area contributed by atoms with Gasteiger partial charge in [-0.05, 0) is 38.6 Å². The summed E-state index contributed by atoms with van der Waals surface area (Å²) in [6, 6.07) is 5.45. The number of likely N-dealkylation sites (N-methyl/N-ethyl adjacent to an activating group) is 1. The first-order chi connectivity index (χ1) is 11.4. The average molecular weight is 335 g/mol. The zero-order chi connectivity index (χ0) is 17.7. The van der Waals surface area contributed by atoms with Gasteiger partial charge < -0.3 is 15.4 Å². The van der Waals surface area contributed by atoms with Gasteiger partial charge in [-0.25, -0.2) is 14.0 Å². The lowest BCUT2D eigenvalue weighted by Gasteiger charge is -2.29. The van der Waals surface area contributed by atoms with Crippen molar-refractivity contribution < 1.29 is 18.7 Å². The molecule has 6 nitrogen and oxygen atoms in total. The van der Waals surface area contributed by atoms with Crippen LogP contribution in [0.1, 0.15) is 19.4 Å². The summed E-state index contributed by atoms with van der Waals surface area (Å²) in [7, 11) is 1.86. The molecule has 24 heavy (non-hydrogen) atoms. The molecule has 0 saturated carbocycles. The van der Waals surface area contributed by atoms with Crippen LogP contribution in [0.15, 0.2) is 35.5 Å². The number of urea groups is 1. The fourth-order valence-electron chi connectivity index (χ4n) is 2.63. The van der Waals surface area contributed by atoms with Crippen LogP contribution < -0.4 is 10.6 Å². The molecule has 2 N–H and O–H groups in total. The quantitative estimate of drug-likeness (QED) is 0.778. The second-order valence-electron chi connectivity index (χ2n) is 5.73. The Hall–Kier alpha value is -2.41. The average Bonchev–Trinajstić information content (AvgIpc) is 2.49. The molecule has 0 bridgehead atoms. The molecule has 7 heteroatoms. The summed E-state index contributed by atoms with van der Waals surface area (Å²) in [5, 5.41) is 5.35. The minimum absolute atomic E-state index is 0.266. The molecule has 1 atom stereocenters. The zero-order valence-electron chi connectivity index (χ0n) is 14.1. The number of benzene rings is 1. The van der Waals surface area contributed by atoms with E-state index >= 15 is 0 Å². The Morgan fingerprint density at radius 2 is 1.96 bits per heavy atom. The fourth-order valence-corrected chi connectivity index (χ4v) is 2.63. The first kappa shape index (κ1) is 17.9. The number of rotatable bonds is 6. The van der Waals surface area contributed by atoms with Crippen LogP contribution in [0, 0.1) is 5.82 Å². The molecule has 0 fully saturated rings. The highest BCUT2D eigenvalue weighted by atomic mass is 19.1. The van der Waals surface area contributed by atoms with E-state index in [4.69, 9.17) is 4.74 Å². The van der Waals surface area contributed by atoms with E-state index in [9.17, 15) is 14.0 Å². The van der Waals surface area contributed by atoms with Crippen molar-refractivity contribution in [2.24, 2.45) is 0 Å². The number of carbonyl (C=O) groups is 2. The predicted octanol–water partition coefficient (Wildman–Crippen LogP) is 1.78. The third-order valence-corrected chi connectivity index (χ3v) is 3.66. The molecule has 1 aromatic rings. The summed E-state index contributed by atoms with van der Waals surface area (Å²) < 4.78 is 18.1. The summed E-state index contributed by atoms with van der Waals surface area (Å²) >= 11 is 0. The van der Waals surface area contributed by atoms with Crippen LogP contribution in [0.2, 0.25) is 0 Å². The molecule has 0 unspecified atom stereocenters. The zero-order valence-corrected chi connectivity index (χ0v) is 14.1. The van der Waals surface area contributed by atoms with Gasteiger partial charge in [-0.15, -0.1) is 0 Å². The maximum absolute atomic E-state index is 13.0. The number of hydrogen-bond acceptors (Lipinski definition) is 4. The Labute approximate surface area is 140 Å². The van der Waals surface area contributed by atoms with Gasteiger partial charge in [-0.1, -0.05) is 12.1 Å². The molecule has 130 valence electrons. The number of carbonyl (C=O) groups excluding carboxylic acids is 2. The lowest BCUT2D eigenvalue weighted by atomic mass is 10.0. The van der Waals surface area contributed by atoms with Gasteiger partial charge in [0, 0.05) is 18.8 Å². The van der Waals surface area contributed by atoms with Crippen LogP contribution in [0.3, 0.4) is 0 Å². The smallest absolute Gasteiger partial charge is 0.337 e. The van der Waals surface area contributed by atoms with Crippen LogP contribution in [-0.4, -0.2) is 43.1 Å². The molecular weight excluding hydrogens is 313 g/mol. The molecule has 2 rings (SSSR count). The lowest BCUT2D eigenvalue weighted by Crippen LogP contribution is -2.51. The van der Waals surface area contributed by atoms with Crippen molar-refractivity contribution >= 4 is 12.0 Å². The molecule has 1 aliphatic rings. The monoisotopic (exact) mass is 335 g/mol. The Morgan fingerprint density at radius 3 is 2.58 bits per heavy atom. The van der Waals surface area contributed by atoms with Crippen LogP contribution in [0.4, 0.5) is 9.18 Å². The number of amides is 2. The third kappa shape index (κ3) is 4.55. The van der Waals surface area contributed by atoms with Gasteiger partial charge in [0.2, 0.25) is 0 Å². The highest BCUT2D eigenvalue weighted by molar-refractivity contribution is 5.94. The first-order valence-corrected chi connectivity index (χ1v) is 7.81. The number of hydrogen-bond donors (Lipinski definition) is 2. The molecule has 0 saturated heterocycles. The largest absolute Gasteiger partial charge is 0.463 e. The van der Waals surface area contributed by atoms with Crippen LogP contribution >= 0.6 is 0 Å². The van der Waals surface area contributed by atoms with E-state index in [1.807, 2.05) is 11.9 Å². The molecule has 2 amide bonds. The standard InChI is InChI=1S/C17H22FN3O3/c1-4-24-16(22)15-11(2)19-17(23)20-14(15)10-21(3)9-12-5-7-13(18)8-6-12/h5-8,11H,4,9-10H2,1-3H3,(H2,19,20,23)/t11-/m0/s1.